The minimum atomic E-state index is 0.778. The lowest BCUT2D eigenvalue weighted by Crippen LogP contribution is -1.86. The van der Waals surface area contributed by atoms with Gasteiger partial charge in [0.15, 0.2) is 0 Å². The highest BCUT2D eigenvalue weighted by Gasteiger charge is 2.05. The Morgan fingerprint density at radius 1 is 1.06 bits per heavy atom. The molecule has 0 aliphatic heterocycles. The quantitative estimate of drug-likeness (QED) is 0.670. The minimum absolute atomic E-state index is 0.778. The van der Waals surface area contributed by atoms with E-state index in [-0.39, 0.29) is 0 Å². The fourth-order valence-electron chi connectivity index (χ4n) is 2.12. The lowest BCUT2D eigenvalue weighted by Gasteiger charge is -2.01. The van der Waals surface area contributed by atoms with Crippen molar-refractivity contribution in [3.05, 3.63) is 69.3 Å². The van der Waals surface area contributed by atoms with Crippen molar-refractivity contribution < 1.29 is 0 Å². The van der Waals surface area contributed by atoms with Crippen LogP contribution in [0.15, 0.2) is 53.1 Å². The topological polar surface area (TPSA) is 15.8 Å². The summed E-state index contributed by atoms with van der Waals surface area (Å²) in [5.41, 5.74) is 3.73. The van der Waals surface area contributed by atoms with Gasteiger partial charge in [0.1, 0.15) is 0 Å². The molecule has 90 valence electrons. The maximum absolute atomic E-state index is 5.90. The molecule has 0 spiro atoms. The van der Waals surface area contributed by atoms with Crippen LogP contribution < -0.4 is 0 Å². The zero-order chi connectivity index (χ0) is 12.5. The van der Waals surface area contributed by atoms with Gasteiger partial charge in [0, 0.05) is 26.6 Å². The first-order chi connectivity index (χ1) is 8.72. The third-order valence-electron chi connectivity index (χ3n) is 3.04. The summed E-state index contributed by atoms with van der Waals surface area (Å²) in [6.07, 6.45) is 2.99. The Morgan fingerprint density at radius 2 is 1.83 bits per heavy atom. The van der Waals surface area contributed by atoms with E-state index in [2.05, 4.69) is 51.4 Å². The lowest BCUT2D eigenvalue weighted by molar-refractivity contribution is 1.21. The normalized spacial score (nSPS) is 11.0. The molecule has 1 nitrogen and oxygen atoms in total. The Hall–Kier alpha value is -1.25. The van der Waals surface area contributed by atoms with Crippen molar-refractivity contribution in [1.82, 2.24) is 4.98 Å². The third-order valence-corrected chi connectivity index (χ3v) is 3.78. The van der Waals surface area contributed by atoms with E-state index in [1.807, 2.05) is 18.2 Å². The number of fused-ring (bicyclic) bond motifs is 1. The van der Waals surface area contributed by atoms with Crippen LogP contribution in [0.1, 0.15) is 11.1 Å². The molecule has 0 saturated carbocycles. The Bertz CT molecular complexity index is 685. The molecule has 0 amide bonds. The van der Waals surface area contributed by atoms with E-state index in [9.17, 15) is 0 Å². The molecule has 3 rings (SSSR count). The summed E-state index contributed by atoms with van der Waals surface area (Å²) < 4.78 is 1.10. The molecule has 0 atom stereocenters. The molecular weight excluding hydrogens is 310 g/mol. The van der Waals surface area contributed by atoms with E-state index in [0.717, 1.165) is 15.9 Å². The largest absolute Gasteiger partial charge is 0.361 e. The summed E-state index contributed by atoms with van der Waals surface area (Å²) in [7, 11) is 0. The molecule has 2 aromatic carbocycles. The van der Waals surface area contributed by atoms with Crippen molar-refractivity contribution in [3.63, 3.8) is 0 Å². The number of hydrogen-bond acceptors (Lipinski definition) is 0. The van der Waals surface area contributed by atoms with Crippen molar-refractivity contribution in [1.29, 1.82) is 0 Å². The van der Waals surface area contributed by atoms with Gasteiger partial charge in [-0.25, -0.2) is 0 Å². The van der Waals surface area contributed by atoms with Gasteiger partial charge in [0.2, 0.25) is 0 Å². The van der Waals surface area contributed by atoms with E-state index < -0.39 is 0 Å². The predicted molar refractivity (Wildman–Crippen MR) is 80.3 cm³/mol. The number of nitrogens with one attached hydrogen (secondary N) is 1. The first kappa shape index (κ1) is 11.8. The van der Waals surface area contributed by atoms with Gasteiger partial charge in [-0.3, -0.25) is 0 Å². The van der Waals surface area contributed by atoms with Crippen LogP contribution in [0.25, 0.3) is 10.9 Å². The third kappa shape index (κ3) is 2.31. The Kier molecular flexibility index (Phi) is 3.14. The molecule has 0 bridgehead atoms. The number of benzene rings is 2. The fraction of sp³-hybridized carbons (Fsp3) is 0.0667. The number of aromatic nitrogens is 1. The average Bonchev–Trinajstić information content (AvgIpc) is 2.75. The number of hydrogen-bond donors (Lipinski definition) is 1. The first-order valence-electron chi connectivity index (χ1n) is 5.72. The predicted octanol–water partition coefficient (Wildman–Crippen LogP) is 5.17. The van der Waals surface area contributed by atoms with Crippen LogP contribution in [0.5, 0.6) is 0 Å². The summed E-state index contributed by atoms with van der Waals surface area (Å²) >= 11 is 9.41. The van der Waals surface area contributed by atoms with Crippen molar-refractivity contribution >= 4 is 38.4 Å². The van der Waals surface area contributed by atoms with E-state index in [4.69, 9.17) is 11.6 Å². The second kappa shape index (κ2) is 4.79. The fourth-order valence-corrected chi connectivity index (χ4v) is 2.61. The van der Waals surface area contributed by atoms with Gasteiger partial charge >= 0.3 is 0 Å². The molecule has 0 aliphatic carbocycles. The van der Waals surface area contributed by atoms with Gasteiger partial charge in [0.25, 0.3) is 0 Å². The van der Waals surface area contributed by atoms with Crippen molar-refractivity contribution in [2.24, 2.45) is 0 Å². The van der Waals surface area contributed by atoms with Crippen LogP contribution in [0.2, 0.25) is 5.02 Å². The summed E-state index contributed by atoms with van der Waals surface area (Å²) in [6.45, 7) is 0. The number of halogens is 2. The molecule has 3 aromatic rings. The molecule has 0 radical (unpaired) electrons. The van der Waals surface area contributed by atoms with E-state index in [1.54, 1.807) is 0 Å². The maximum atomic E-state index is 5.90. The highest BCUT2D eigenvalue weighted by atomic mass is 79.9. The van der Waals surface area contributed by atoms with Crippen LogP contribution >= 0.6 is 27.5 Å². The molecule has 1 heterocycles. The van der Waals surface area contributed by atoms with Gasteiger partial charge in [-0.05, 0) is 47.9 Å². The number of aromatic amines is 1. The molecule has 3 heteroatoms. The van der Waals surface area contributed by atoms with Gasteiger partial charge < -0.3 is 4.98 Å². The van der Waals surface area contributed by atoms with Crippen LogP contribution in [0.3, 0.4) is 0 Å². The van der Waals surface area contributed by atoms with Crippen molar-refractivity contribution in [2.75, 3.05) is 0 Å². The Morgan fingerprint density at radius 3 is 2.61 bits per heavy atom. The van der Waals surface area contributed by atoms with Gasteiger partial charge in [-0.2, -0.15) is 0 Å². The van der Waals surface area contributed by atoms with Crippen LogP contribution in [-0.2, 0) is 6.42 Å². The van der Waals surface area contributed by atoms with Gasteiger partial charge in [-0.1, -0.05) is 39.7 Å². The van der Waals surface area contributed by atoms with Crippen LogP contribution in [-0.4, -0.2) is 4.98 Å². The zero-order valence-corrected chi connectivity index (χ0v) is 11.9. The Balaban J connectivity index is 1.99. The molecule has 0 unspecified atom stereocenters. The van der Waals surface area contributed by atoms with Crippen molar-refractivity contribution in [2.45, 2.75) is 6.42 Å². The zero-order valence-electron chi connectivity index (χ0n) is 9.58. The maximum Gasteiger partial charge on any atom is 0.0457 e. The SMILES string of the molecule is Clc1ccc(Cc2c[nH]c3ccc(Br)cc23)cc1. The van der Waals surface area contributed by atoms with Crippen LogP contribution in [0, 0.1) is 0 Å². The van der Waals surface area contributed by atoms with E-state index in [1.165, 1.54) is 22.0 Å². The monoisotopic (exact) mass is 319 g/mol. The summed E-state index contributed by atoms with van der Waals surface area (Å²) in [5, 5.41) is 2.04. The molecule has 0 aliphatic rings. The van der Waals surface area contributed by atoms with Gasteiger partial charge in [0.05, 0.1) is 0 Å². The molecule has 1 aromatic heterocycles. The standard InChI is InChI=1S/C15H11BrClN/c16-12-3-6-15-14(8-12)11(9-18-15)7-10-1-4-13(17)5-2-10/h1-6,8-9,18H,7H2. The van der Waals surface area contributed by atoms with Crippen molar-refractivity contribution in [3.8, 4) is 0 Å². The number of H-pyrrole nitrogens is 1. The second-order valence-corrected chi connectivity index (χ2v) is 5.66. The highest BCUT2D eigenvalue weighted by Crippen LogP contribution is 2.25. The summed E-state index contributed by atoms with van der Waals surface area (Å²) in [5.74, 6) is 0. The summed E-state index contributed by atoms with van der Waals surface area (Å²) in [4.78, 5) is 3.30. The Labute approximate surface area is 119 Å². The van der Waals surface area contributed by atoms with E-state index in [0.29, 0.717) is 0 Å². The molecule has 18 heavy (non-hydrogen) atoms. The second-order valence-electron chi connectivity index (χ2n) is 4.31. The van der Waals surface area contributed by atoms with Gasteiger partial charge in [-0.15, -0.1) is 0 Å². The minimum Gasteiger partial charge on any atom is -0.361 e. The lowest BCUT2D eigenvalue weighted by atomic mass is 10.0. The van der Waals surface area contributed by atoms with Crippen LogP contribution in [0.4, 0.5) is 0 Å². The first-order valence-corrected chi connectivity index (χ1v) is 6.89. The highest BCUT2D eigenvalue weighted by molar-refractivity contribution is 9.10. The average molecular weight is 321 g/mol. The molecule has 0 saturated heterocycles. The smallest absolute Gasteiger partial charge is 0.0457 e. The molecule has 0 fully saturated rings. The van der Waals surface area contributed by atoms with E-state index >= 15 is 0 Å². The summed E-state index contributed by atoms with van der Waals surface area (Å²) in [6, 6.07) is 14.3. The molecule has 1 N–H and O–H groups in total. The number of rotatable bonds is 2. The molecular formula is C15H11BrClN.